The smallest absolute Gasteiger partial charge is 0.410 e. The average Bonchev–Trinajstić information content (AvgIpc) is 2.72. The fraction of sp³-hybridized carbons (Fsp3) is 0.455. The molecule has 1 fully saturated rings. The molecule has 8 nitrogen and oxygen atoms in total. The summed E-state index contributed by atoms with van der Waals surface area (Å²) in [4.78, 5) is 29.2. The van der Waals surface area contributed by atoms with Crippen molar-refractivity contribution < 1.29 is 9.53 Å². The predicted octanol–water partition coefficient (Wildman–Crippen LogP) is 2.47. The monoisotopic (exact) mass is 408 g/mol. The Morgan fingerprint density at radius 3 is 2.47 bits per heavy atom. The van der Waals surface area contributed by atoms with Crippen molar-refractivity contribution in [2.24, 2.45) is 0 Å². The van der Waals surface area contributed by atoms with Crippen molar-refractivity contribution in [3.05, 3.63) is 41.5 Å². The zero-order valence-electron chi connectivity index (χ0n) is 18.0. The van der Waals surface area contributed by atoms with Gasteiger partial charge in [0.2, 0.25) is 0 Å². The minimum Gasteiger partial charge on any atom is -0.444 e. The largest absolute Gasteiger partial charge is 0.444 e. The number of hydrogen-bond acceptors (Lipinski definition) is 7. The van der Waals surface area contributed by atoms with E-state index in [1.54, 1.807) is 23.5 Å². The molecule has 8 heteroatoms. The van der Waals surface area contributed by atoms with E-state index in [-0.39, 0.29) is 6.09 Å². The van der Waals surface area contributed by atoms with Gasteiger partial charge in [0.15, 0.2) is 0 Å². The Balaban J connectivity index is 1.79. The number of anilines is 2. The van der Waals surface area contributed by atoms with Crippen LogP contribution in [0.15, 0.2) is 24.7 Å². The lowest BCUT2D eigenvalue weighted by Crippen LogP contribution is -2.50. The summed E-state index contributed by atoms with van der Waals surface area (Å²) in [5.74, 6) is 7.62. The summed E-state index contributed by atoms with van der Waals surface area (Å²) in [7, 11) is 0. The van der Waals surface area contributed by atoms with Gasteiger partial charge in [-0.2, -0.15) is 0 Å². The molecule has 2 aromatic rings. The molecule has 1 saturated heterocycles. The summed E-state index contributed by atoms with van der Waals surface area (Å²) in [6.45, 7) is 10.1. The van der Waals surface area contributed by atoms with Crippen LogP contribution in [0.3, 0.4) is 0 Å². The van der Waals surface area contributed by atoms with Gasteiger partial charge in [-0.25, -0.2) is 19.7 Å². The van der Waals surface area contributed by atoms with Crippen molar-refractivity contribution in [1.29, 1.82) is 0 Å². The Hall–Kier alpha value is -3.34. The Morgan fingerprint density at radius 1 is 1.13 bits per heavy atom. The number of carbonyl (C=O) groups is 1. The summed E-state index contributed by atoms with van der Waals surface area (Å²) in [6.07, 6.45) is 3.69. The van der Waals surface area contributed by atoms with Crippen molar-refractivity contribution in [3.8, 4) is 11.8 Å². The maximum Gasteiger partial charge on any atom is 0.410 e. The van der Waals surface area contributed by atoms with Gasteiger partial charge >= 0.3 is 6.09 Å². The standard InChI is InChI=1S/C22H28N6O2/c1-5-18-17(8-6-16-7-9-19(23)24-14-16)20(26-15-25-18)27-10-12-28(13-11-27)21(29)30-22(2,3)4/h7,9,14-15H,5,10-13H2,1-4H3,(H2,23,24). The molecule has 0 aromatic carbocycles. The van der Waals surface area contributed by atoms with Gasteiger partial charge in [-0.15, -0.1) is 0 Å². The second kappa shape index (κ2) is 8.99. The van der Waals surface area contributed by atoms with Crippen LogP contribution >= 0.6 is 0 Å². The first kappa shape index (κ1) is 21.4. The van der Waals surface area contributed by atoms with Crippen molar-refractivity contribution in [3.63, 3.8) is 0 Å². The molecule has 0 saturated carbocycles. The minimum atomic E-state index is -0.503. The highest BCUT2D eigenvalue weighted by Crippen LogP contribution is 2.22. The number of amides is 1. The molecule has 0 radical (unpaired) electrons. The first-order valence-electron chi connectivity index (χ1n) is 10.1. The molecule has 0 bridgehead atoms. The first-order chi connectivity index (χ1) is 14.3. The fourth-order valence-electron chi connectivity index (χ4n) is 3.09. The lowest BCUT2D eigenvalue weighted by atomic mass is 10.1. The van der Waals surface area contributed by atoms with Crippen LogP contribution in [0.25, 0.3) is 0 Å². The van der Waals surface area contributed by atoms with Crippen LogP contribution in [0.2, 0.25) is 0 Å². The minimum absolute atomic E-state index is 0.282. The van der Waals surface area contributed by atoms with E-state index >= 15 is 0 Å². The van der Waals surface area contributed by atoms with Gasteiger partial charge in [-0.05, 0) is 39.3 Å². The molecule has 0 atom stereocenters. The average molecular weight is 409 g/mol. The molecule has 0 unspecified atom stereocenters. The molecular formula is C22H28N6O2. The van der Waals surface area contributed by atoms with Crippen LogP contribution in [0, 0.1) is 11.8 Å². The summed E-state index contributed by atoms with van der Waals surface area (Å²) in [5.41, 5.74) is 7.62. The summed E-state index contributed by atoms with van der Waals surface area (Å²) < 4.78 is 5.48. The van der Waals surface area contributed by atoms with E-state index in [1.165, 1.54) is 0 Å². The number of aromatic nitrogens is 3. The Morgan fingerprint density at radius 2 is 1.87 bits per heavy atom. The van der Waals surface area contributed by atoms with E-state index in [4.69, 9.17) is 10.5 Å². The predicted molar refractivity (Wildman–Crippen MR) is 116 cm³/mol. The molecule has 3 heterocycles. The second-order valence-corrected chi connectivity index (χ2v) is 8.05. The van der Waals surface area contributed by atoms with Crippen molar-refractivity contribution in [2.75, 3.05) is 36.8 Å². The fourth-order valence-corrected chi connectivity index (χ4v) is 3.09. The normalized spacial score (nSPS) is 14.1. The Labute approximate surface area is 177 Å². The number of aryl methyl sites for hydroxylation is 1. The molecule has 3 rings (SSSR count). The zero-order valence-corrected chi connectivity index (χ0v) is 18.0. The third-order valence-corrected chi connectivity index (χ3v) is 4.59. The van der Waals surface area contributed by atoms with Crippen LogP contribution in [0.5, 0.6) is 0 Å². The number of pyridine rings is 1. The van der Waals surface area contributed by atoms with Gasteiger partial charge in [-0.1, -0.05) is 18.8 Å². The van der Waals surface area contributed by atoms with E-state index < -0.39 is 5.60 Å². The van der Waals surface area contributed by atoms with E-state index in [2.05, 4.69) is 31.7 Å². The van der Waals surface area contributed by atoms with E-state index in [1.807, 2.05) is 33.8 Å². The second-order valence-electron chi connectivity index (χ2n) is 8.05. The van der Waals surface area contributed by atoms with Crippen LogP contribution in [0.4, 0.5) is 16.4 Å². The van der Waals surface area contributed by atoms with E-state index in [0.29, 0.717) is 32.0 Å². The maximum atomic E-state index is 12.3. The van der Waals surface area contributed by atoms with Crippen molar-refractivity contribution >= 4 is 17.7 Å². The highest BCUT2D eigenvalue weighted by Gasteiger charge is 2.27. The third kappa shape index (κ3) is 5.38. The summed E-state index contributed by atoms with van der Waals surface area (Å²) >= 11 is 0. The Kier molecular flexibility index (Phi) is 6.40. The highest BCUT2D eigenvalue weighted by molar-refractivity contribution is 5.69. The third-order valence-electron chi connectivity index (χ3n) is 4.59. The van der Waals surface area contributed by atoms with Crippen molar-refractivity contribution in [1.82, 2.24) is 19.9 Å². The van der Waals surface area contributed by atoms with Crippen LogP contribution in [-0.4, -0.2) is 57.7 Å². The molecule has 158 valence electrons. The van der Waals surface area contributed by atoms with Gasteiger partial charge in [0.25, 0.3) is 0 Å². The van der Waals surface area contributed by atoms with Gasteiger partial charge in [0.05, 0.1) is 11.3 Å². The highest BCUT2D eigenvalue weighted by atomic mass is 16.6. The molecule has 0 aliphatic carbocycles. The maximum absolute atomic E-state index is 12.3. The number of carbonyl (C=O) groups excluding carboxylic acids is 1. The van der Waals surface area contributed by atoms with Gasteiger partial charge in [0.1, 0.15) is 23.6 Å². The molecule has 2 N–H and O–H groups in total. The number of nitrogen functional groups attached to an aromatic ring is 1. The number of rotatable bonds is 2. The Bertz CT molecular complexity index is 948. The number of ether oxygens (including phenoxy) is 1. The lowest BCUT2D eigenvalue weighted by Gasteiger charge is -2.36. The number of piperazine rings is 1. The summed E-state index contributed by atoms with van der Waals surface area (Å²) in [5, 5.41) is 0. The molecular weight excluding hydrogens is 380 g/mol. The summed E-state index contributed by atoms with van der Waals surface area (Å²) in [6, 6.07) is 3.56. The SMILES string of the molecule is CCc1ncnc(N2CCN(C(=O)OC(C)(C)C)CC2)c1C#Cc1ccc(N)nc1. The molecule has 1 aliphatic rings. The topological polar surface area (TPSA) is 97.5 Å². The number of hydrogen-bond donors (Lipinski definition) is 1. The van der Waals surface area contributed by atoms with Gasteiger partial charge < -0.3 is 20.3 Å². The van der Waals surface area contributed by atoms with Crippen LogP contribution < -0.4 is 10.6 Å². The number of nitrogens with zero attached hydrogens (tertiary/aromatic N) is 5. The molecule has 0 spiro atoms. The quantitative estimate of drug-likeness (QED) is 0.762. The molecule has 1 aliphatic heterocycles. The van der Waals surface area contributed by atoms with E-state index in [9.17, 15) is 4.79 Å². The van der Waals surface area contributed by atoms with Crippen LogP contribution in [-0.2, 0) is 11.2 Å². The molecule has 2 aromatic heterocycles. The number of nitrogens with two attached hydrogens (primary N) is 1. The lowest BCUT2D eigenvalue weighted by molar-refractivity contribution is 0.0240. The van der Waals surface area contributed by atoms with Gasteiger partial charge in [0, 0.05) is 37.9 Å². The van der Waals surface area contributed by atoms with E-state index in [0.717, 1.165) is 29.1 Å². The molecule has 30 heavy (non-hydrogen) atoms. The molecule has 1 amide bonds. The van der Waals surface area contributed by atoms with Crippen LogP contribution in [0.1, 0.15) is 44.5 Å². The van der Waals surface area contributed by atoms with Gasteiger partial charge in [-0.3, -0.25) is 0 Å². The van der Waals surface area contributed by atoms with Crippen molar-refractivity contribution in [2.45, 2.75) is 39.7 Å². The first-order valence-corrected chi connectivity index (χ1v) is 10.1. The zero-order chi connectivity index (χ0) is 21.7.